The number of rotatable bonds is 8. The van der Waals surface area contributed by atoms with Crippen molar-refractivity contribution in [1.82, 2.24) is 14.7 Å². The van der Waals surface area contributed by atoms with Crippen molar-refractivity contribution in [1.29, 1.82) is 0 Å². The summed E-state index contributed by atoms with van der Waals surface area (Å²) in [7, 11) is 1.77. The van der Waals surface area contributed by atoms with Crippen LogP contribution in [0.15, 0.2) is 35.1 Å². The van der Waals surface area contributed by atoms with Gasteiger partial charge in [0.05, 0.1) is 11.4 Å². The lowest BCUT2D eigenvalue weighted by Gasteiger charge is -2.27. The van der Waals surface area contributed by atoms with Gasteiger partial charge in [0.15, 0.2) is 0 Å². The Morgan fingerprint density at radius 3 is 2.39 bits per heavy atom. The van der Waals surface area contributed by atoms with Crippen LogP contribution < -0.4 is 16.2 Å². The first-order valence-corrected chi connectivity index (χ1v) is 10.3. The summed E-state index contributed by atoms with van der Waals surface area (Å²) in [6.45, 7) is 3.83. The number of carbonyl (C=O) groups is 1. The maximum Gasteiger partial charge on any atom is 0.295 e. The highest BCUT2D eigenvalue weighted by atomic mass is 35.6. The van der Waals surface area contributed by atoms with Crippen molar-refractivity contribution in [2.45, 2.75) is 49.5 Å². The van der Waals surface area contributed by atoms with Gasteiger partial charge in [0.2, 0.25) is 9.70 Å². The number of hydrogen-bond donors (Lipinski definition) is 2. The number of nitrogens with zero attached hydrogens (tertiary/aromatic N) is 2. The van der Waals surface area contributed by atoms with Crippen LogP contribution in [0, 0.1) is 6.92 Å². The average Bonchev–Trinajstić information content (AvgIpc) is 2.84. The Balaban J connectivity index is 2.30. The zero-order valence-electron chi connectivity index (χ0n) is 16.1. The zero-order valence-corrected chi connectivity index (χ0v) is 18.4. The summed E-state index contributed by atoms with van der Waals surface area (Å²) in [5, 5.41) is 5.61. The van der Waals surface area contributed by atoms with Gasteiger partial charge in [-0.25, -0.2) is 4.68 Å². The van der Waals surface area contributed by atoms with Gasteiger partial charge in [-0.1, -0.05) is 72.8 Å². The average molecular weight is 448 g/mol. The van der Waals surface area contributed by atoms with Gasteiger partial charge < -0.3 is 10.6 Å². The Morgan fingerprint density at radius 1 is 1.18 bits per heavy atom. The third kappa shape index (κ3) is 5.46. The predicted molar refractivity (Wildman–Crippen MR) is 116 cm³/mol. The molecule has 0 radical (unpaired) electrons. The molecule has 9 heteroatoms. The van der Waals surface area contributed by atoms with Crippen LogP contribution in [0.3, 0.4) is 0 Å². The number of amides is 1. The Kier molecular flexibility index (Phi) is 7.87. The monoisotopic (exact) mass is 446 g/mol. The molecule has 1 aromatic carbocycles. The number of nitrogens with one attached hydrogen (secondary N) is 2. The van der Waals surface area contributed by atoms with E-state index >= 15 is 0 Å². The summed E-state index contributed by atoms with van der Waals surface area (Å²) < 4.78 is 1.38. The maximum atomic E-state index is 13.0. The van der Waals surface area contributed by atoms with Crippen molar-refractivity contribution in [2.75, 3.05) is 5.32 Å². The number of aromatic nitrogens is 2. The first-order chi connectivity index (χ1) is 13.2. The third-order valence-corrected chi connectivity index (χ3v) is 5.14. The van der Waals surface area contributed by atoms with Crippen molar-refractivity contribution in [3.63, 3.8) is 0 Å². The van der Waals surface area contributed by atoms with Crippen LogP contribution in [0.4, 0.5) is 5.69 Å². The number of para-hydroxylation sites is 1. The molecule has 2 aromatic rings. The summed E-state index contributed by atoms with van der Waals surface area (Å²) in [4.78, 5) is 25.2. The molecule has 1 unspecified atom stereocenters. The molecule has 154 valence electrons. The van der Waals surface area contributed by atoms with Crippen LogP contribution in [-0.4, -0.2) is 25.2 Å². The van der Waals surface area contributed by atoms with E-state index in [-0.39, 0.29) is 17.2 Å². The van der Waals surface area contributed by atoms with E-state index in [0.29, 0.717) is 17.8 Å². The first-order valence-electron chi connectivity index (χ1n) is 9.13. The molecule has 0 bridgehead atoms. The number of halogens is 3. The number of benzene rings is 1. The summed E-state index contributed by atoms with van der Waals surface area (Å²) >= 11 is 18.2. The Morgan fingerprint density at radius 2 is 1.82 bits per heavy atom. The molecule has 0 aliphatic rings. The molecule has 0 spiro atoms. The second-order valence-corrected chi connectivity index (χ2v) is 8.95. The molecule has 1 amide bonds. The summed E-state index contributed by atoms with van der Waals surface area (Å²) in [5.41, 5.74) is 1.32. The van der Waals surface area contributed by atoms with E-state index in [0.717, 1.165) is 19.3 Å². The van der Waals surface area contributed by atoms with Gasteiger partial charge in [0.25, 0.3) is 5.56 Å². The van der Waals surface area contributed by atoms with Gasteiger partial charge in [-0.3, -0.25) is 14.3 Å². The van der Waals surface area contributed by atoms with E-state index in [4.69, 9.17) is 34.8 Å². The minimum atomic E-state index is -1.84. The summed E-state index contributed by atoms with van der Waals surface area (Å²) in [6, 6.07) is 9.21. The quantitative estimate of drug-likeness (QED) is 0.360. The smallest absolute Gasteiger partial charge is 0.295 e. The lowest BCUT2D eigenvalue weighted by molar-refractivity contribution is -0.121. The normalized spacial score (nSPS) is 12.6. The Labute approximate surface area is 179 Å². The molecular weight excluding hydrogens is 423 g/mol. The highest BCUT2D eigenvalue weighted by Crippen LogP contribution is 2.31. The van der Waals surface area contributed by atoms with Gasteiger partial charge in [0, 0.05) is 13.5 Å². The largest absolute Gasteiger partial charge is 0.356 e. The fraction of sp³-hybridized carbons (Fsp3) is 0.474. The molecule has 0 saturated heterocycles. The fourth-order valence-corrected chi connectivity index (χ4v) is 3.17. The molecule has 1 aromatic heterocycles. The molecule has 28 heavy (non-hydrogen) atoms. The molecule has 1 heterocycles. The lowest BCUT2D eigenvalue weighted by atomic mass is 10.2. The van der Waals surface area contributed by atoms with Crippen molar-refractivity contribution >= 4 is 46.4 Å². The molecule has 2 N–H and O–H groups in total. The topological polar surface area (TPSA) is 68.1 Å². The predicted octanol–water partition coefficient (Wildman–Crippen LogP) is 4.29. The lowest BCUT2D eigenvalue weighted by Crippen LogP contribution is -2.49. The molecule has 0 aliphatic heterocycles. The number of carbonyl (C=O) groups excluding carboxylic acids is 1. The molecule has 6 nitrogen and oxygen atoms in total. The molecule has 1 atom stereocenters. The second kappa shape index (κ2) is 9.72. The highest BCUT2D eigenvalue weighted by molar-refractivity contribution is 6.68. The third-order valence-electron chi connectivity index (χ3n) is 4.48. The van der Waals surface area contributed by atoms with E-state index in [1.807, 2.05) is 30.3 Å². The molecule has 2 rings (SSSR count). The van der Waals surface area contributed by atoms with Gasteiger partial charge in [-0.05, 0) is 25.5 Å². The van der Waals surface area contributed by atoms with Gasteiger partial charge in [-0.15, -0.1) is 0 Å². The second-order valence-electron chi connectivity index (χ2n) is 6.58. The number of hydrogen-bond acceptors (Lipinski definition) is 3. The number of alkyl halides is 3. The van der Waals surface area contributed by atoms with E-state index in [9.17, 15) is 9.59 Å². The van der Waals surface area contributed by atoms with E-state index in [1.54, 1.807) is 18.7 Å². The minimum Gasteiger partial charge on any atom is -0.356 e. The van der Waals surface area contributed by atoms with Crippen LogP contribution in [0.5, 0.6) is 0 Å². The van der Waals surface area contributed by atoms with Gasteiger partial charge in [-0.2, -0.15) is 0 Å². The summed E-state index contributed by atoms with van der Waals surface area (Å²) in [6.07, 6.45) is 1.97. The molecule has 0 aliphatic carbocycles. The van der Waals surface area contributed by atoms with E-state index in [2.05, 4.69) is 17.6 Å². The molecular formula is C19H25Cl3N4O2. The van der Waals surface area contributed by atoms with Crippen molar-refractivity contribution < 1.29 is 4.79 Å². The zero-order chi connectivity index (χ0) is 20.9. The van der Waals surface area contributed by atoms with Crippen LogP contribution >= 0.6 is 34.8 Å². The van der Waals surface area contributed by atoms with E-state index < -0.39 is 9.96 Å². The van der Waals surface area contributed by atoms with Crippen LogP contribution in [0.25, 0.3) is 5.69 Å². The fourth-order valence-electron chi connectivity index (χ4n) is 2.85. The Hall–Kier alpha value is -1.63. The van der Waals surface area contributed by atoms with Crippen molar-refractivity contribution in [3.05, 3.63) is 46.4 Å². The number of unbranched alkanes of at least 4 members (excludes halogenated alkanes) is 2. The van der Waals surface area contributed by atoms with Crippen molar-refractivity contribution in [2.24, 2.45) is 7.05 Å². The van der Waals surface area contributed by atoms with Crippen molar-refractivity contribution in [3.8, 4) is 5.69 Å². The van der Waals surface area contributed by atoms with Gasteiger partial charge >= 0.3 is 0 Å². The Bertz CT molecular complexity index is 857. The SMILES string of the molecule is CCCCCC(=O)NC(Nc1c(C)n(C)n(-c2ccccc2)c1=O)C(Cl)(Cl)Cl. The van der Waals surface area contributed by atoms with E-state index in [1.165, 1.54) is 4.68 Å². The van der Waals surface area contributed by atoms with Crippen LogP contribution in [0.2, 0.25) is 0 Å². The standard InChI is InChI=1S/C19H25Cl3N4O2/c1-4-5-7-12-15(27)23-18(19(20,21)22)24-16-13(2)25(3)26(17(16)28)14-10-8-6-9-11-14/h6,8-11,18,24H,4-5,7,12H2,1-3H3,(H,23,27). The molecule has 0 saturated carbocycles. The molecule has 0 fully saturated rings. The first kappa shape index (κ1) is 22.7. The number of anilines is 1. The summed E-state index contributed by atoms with van der Waals surface area (Å²) in [5.74, 6) is -0.241. The van der Waals surface area contributed by atoms with Gasteiger partial charge in [0.1, 0.15) is 11.9 Å². The van der Waals surface area contributed by atoms with Crippen LogP contribution in [-0.2, 0) is 11.8 Å². The maximum absolute atomic E-state index is 13.0. The highest BCUT2D eigenvalue weighted by Gasteiger charge is 2.35. The van der Waals surface area contributed by atoms with Crippen LogP contribution in [0.1, 0.15) is 38.3 Å². The minimum absolute atomic E-state index is 0.241.